The van der Waals surface area contributed by atoms with Crippen LogP contribution >= 0.6 is 0 Å². The summed E-state index contributed by atoms with van der Waals surface area (Å²) < 4.78 is 0. The second kappa shape index (κ2) is 4.68. The van der Waals surface area contributed by atoms with Crippen LogP contribution in [0.5, 0.6) is 0 Å². The molecule has 15 heavy (non-hydrogen) atoms. The van der Waals surface area contributed by atoms with Crippen molar-refractivity contribution in [3.63, 3.8) is 0 Å². The number of benzene rings is 1. The molecular weight excluding hydrogens is 194 g/mol. The lowest BCUT2D eigenvalue weighted by molar-refractivity contribution is -0.496. The molecule has 1 rings (SSSR count). The molecule has 0 aliphatic rings. The molecule has 4 nitrogen and oxygen atoms in total. The summed E-state index contributed by atoms with van der Waals surface area (Å²) in [5.41, 5.74) is 2.51. The van der Waals surface area contributed by atoms with Gasteiger partial charge in [0.2, 0.25) is 6.54 Å². The quantitative estimate of drug-likeness (QED) is 0.559. The summed E-state index contributed by atoms with van der Waals surface area (Å²) in [7, 11) is 0. The van der Waals surface area contributed by atoms with Crippen LogP contribution in [-0.2, 0) is 17.8 Å². The molecule has 0 bridgehead atoms. The minimum absolute atomic E-state index is 0.0661. The molecule has 0 radical (unpaired) electrons. The first-order valence-electron chi connectivity index (χ1n) is 4.68. The van der Waals surface area contributed by atoms with Crippen molar-refractivity contribution in [3.05, 3.63) is 45.0 Å². The number of hydrogen-bond acceptors (Lipinski definition) is 3. The van der Waals surface area contributed by atoms with E-state index in [4.69, 9.17) is 0 Å². The number of ketones is 1. The van der Waals surface area contributed by atoms with Gasteiger partial charge < -0.3 is 0 Å². The van der Waals surface area contributed by atoms with E-state index in [1.54, 1.807) is 12.1 Å². The summed E-state index contributed by atoms with van der Waals surface area (Å²) in [6.07, 6.45) is 0.345. The van der Waals surface area contributed by atoms with Gasteiger partial charge in [0.25, 0.3) is 0 Å². The number of carbonyl (C=O) groups is 1. The molecule has 0 aromatic heterocycles. The van der Waals surface area contributed by atoms with Gasteiger partial charge in [0.15, 0.2) is 0 Å². The number of nitrogens with zero attached hydrogens (tertiary/aromatic N) is 1. The third-order valence-corrected chi connectivity index (χ3v) is 2.16. The van der Waals surface area contributed by atoms with Crippen LogP contribution in [0.3, 0.4) is 0 Å². The second-order valence-corrected chi connectivity index (χ2v) is 3.63. The van der Waals surface area contributed by atoms with E-state index in [-0.39, 0.29) is 17.3 Å². The highest BCUT2D eigenvalue weighted by Gasteiger charge is 2.06. The molecule has 1 aromatic carbocycles. The first kappa shape index (κ1) is 11.4. The molecule has 0 N–H and O–H groups in total. The molecule has 1 aromatic rings. The molecular formula is C11H13NO3. The van der Waals surface area contributed by atoms with Crippen LogP contribution in [0, 0.1) is 17.0 Å². The van der Waals surface area contributed by atoms with Crippen molar-refractivity contribution in [1.82, 2.24) is 0 Å². The van der Waals surface area contributed by atoms with Crippen molar-refractivity contribution in [2.75, 3.05) is 0 Å². The van der Waals surface area contributed by atoms with Crippen molar-refractivity contribution >= 4 is 5.78 Å². The molecule has 80 valence electrons. The maximum Gasteiger partial charge on any atom is 0.228 e. The first-order valence-corrected chi connectivity index (χ1v) is 4.68. The van der Waals surface area contributed by atoms with Crippen molar-refractivity contribution in [2.24, 2.45) is 0 Å². The van der Waals surface area contributed by atoms with Gasteiger partial charge in [-0.2, -0.15) is 0 Å². The lowest BCUT2D eigenvalue weighted by Crippen LogP contribution is -2.03. The van der Waals surface area contributed by atoms with Gasteiger partial charge in [-0.1, -0.05) is 12.1 Å². The van der Waals surface area contributed by atoms with Crippen LogP contribution in [0.25, 0.3) is 0 Å². The molecule has 0 aliphatic carbocycles. The monoisotopic (exact) mass is 207 g/mol. The summed E-state index contributed by atoms with van der Waals surface area (Å²) in [6.45, 7) is 3.22. The zero-order valence-corrected chi connectivity index (χ0v) is 8.82. The summed E-state index contributed by atoms with van der Waals surface area (Å²) in [5, 5.41) is 10.3. The van der Waals surface area contributed by atoms with Gasteiger partial charge in [-0.15, -0.1) is 0 Å². The van der Waals surface area contributed by atoms with E-state index in [0.717, 1.165) is 11.1 Å². The fraction of sp³-hybridized carbons (Fsp3) is 0.364. The summed E-state index contributed by atoms with van der Waals surface area (Å²) in [6, 6.07) is 5.28. The average Bonchev–Trinajstić information content (AvgIpc) is 2.09. The predicted octanol–water partition coefficient (Wildman–Crippen LogP) is 1.90. The van der Waals surface area contributed by atoms with E-state index >= 15 is 0 Å². The molecule has 0 fully saturated rings. The number of rotatable bonds is 4. The molecule has 0 unspecified atom stereocenters. The zero-order valence-electron chi connectivity index (χ0n) is 8.82. The van der Waals surface area contributed by atoms with E-state index in [1.807, 2.05) is 13.0 Å². The molecule has 0 aliphatic heterocycles. The third-order valence-electron chi connectivity index (χ3n) is 2.16. The molecule has 0 saturated carbocycles. The Morgan fingerprint density at radius 3 is 2.67 bits per heavy atom. The molecule has 0 spiro atoms. The first-order chi connectivity index (χ1) is 6.99. The van der Waals surface area contributed by atoms with Crippen LogP contribution in [-0.4, -0.2) is 10.7 Å². The van der Waals surface area contributed by atoms with Crippen molar-refractivity contribution in [1.29, 1.82) is 0 Å². The van der Waals surface area contributed by atoms with Crippen molar-refractivity contribution in [3.8, 4) is 0 Å². The fourth-order valence-electron chi connectivity index (χ4n) is 1.43. The Morgan fingerprint density at radius 2 is 2.13 bits per heavy atom. The minimum Gasteiger partial charge on any atom is -0.300 e. The van der Waals surface area contributed by atoms with E-state index in [2.05, 4.69) is 0 Å². The standard InChI is InChI=1S/C11H13NO3/c1-8-3-4-10(7-12(14)15)6-11(8)5-9(2)13/h3-4,6H,5,7H2,1-2H3. The van der Waals surface area contributed by atoms with Gasteiger partial charge in [-0.25, -0.2) is 0 Å². The van der Waals surface area contributed by atoms with E-state index in [1.165, 1.54) is 6.92 Å². The molecule has 4 heteroatoms. The van der Waals surface area contributed by atoms with Crippen LogP contribution in [0.1, 0.15) is 23.6 Å². The minimum atomic E-state index is -0.373. The fourth-order valence-corrected chi connectivity index (χ4v) is 1.43. The van der Waals surface area contributed by atoms with Gasteiger partial charge in [0, 0.05) is 16.9 Å². The van der Waals surface area contributed by atoms with Gasteiger partial charge in [-0.3, -0.25) is 14.9 Å². The van der Waals surface area contributed by atoms with Crippen molar-refractivity contribution < 1.29 is 9.72 Å². The van der Waals surface area contributed by atoms with Gasteiger partial charge in [0.05, 0.1) is 0 Å². The van der Waals surface area contributed by atoms with E-state index in [0.29, 0.717) is 12.0 Å². The molecule has 0 saturated heterocycles. The Labute approximate surface area is 88.1 Å². The van der Waals surface area contributed by atoms with Gasteiger partial charge >= 0.3 is 0 Å². The zero-order chi connectivity index (χ0) is 11.4. The maximum absolute atomic E-state index is 11.0. The highest BCUT2D eigenvalue weighted by atomic mass is 16.6. The Bertz CT molecular complexity index is 399. The van der Waals surface area contributed by atoms with Gasteiger partial charge in [0.1, 0.15) is 5.78 Å². The normalized spacial score (nSPS) is 10.0. The Balaban J connectivity index is 2.94. The number of hydrogen-bond donors (Lipinski definition) is 0. The summed E-state index contributed by atoms with van der Waals surface area (Å²) >= 11 is 0. The highest BCUT2D eigenvalue weighted by molar-refractivity contribution is 5.78. The van der Waals surface area contributed by atoms with Crippen LogP contribution in [0.4, 0.5) is 0 Å². The SMILES string of the molecule is CC(=O)Cc1cc(C[N+](=O)[O-])ccc1C. The lowest BCUT2D eigenvalue weighted by Gasteiger charge is -2.04. The number of carbonyl (C=O) groups excluding carboxylic acids is 1. The van der Waals surface area contributed by atoms with E-state index < -0.39 is 0 Å². The smallest absolute Gasteiger partial charge is 0.228 e. The largest absolute Gasteiger partial charge is 0.300 e. The van der Waals surface area contributed by atoms with Crippen LogP contribution in [0.2, 0.25) is 0 Å². The highest BCUT2D eigenvalue weighted by Crippen LogP contribution is 2.13. The number of Topliss-reactive ketones (excluding diaryl/α,β-unsaturated/α-hetero) is 1. The van der Waals surface area contributed by atoms with E-state index in [9.17, 15) is 14.9 Å². The lowest BCUT2D eigenvalue weighted by atomic mass is 10.0. The molecule has 0 atom stereocenters. The van der Waals surface area contributed by atoms with Crippen LogP contribution < -0.4 is 0 Å². The Kier molecular flexibility index (Phi) is 3.55. The van der Waals surface area contributed by atoms with Crippen molar-refractivity contribution in [2.45, 2.75) is 26.8 Å². The topological polar surface area (TPSA) is 60.2 Å². The summed E-state index contributed by atoms with van der Waals surface area (Å²) in [4.78, 5) is 20.9. The predicted molar refractivity (Wildman–Crippen MR) is 56.3 cm³/mol. The van der Waals surface area contributed by atoms with Crippen LogP contribution in [0.15, 0.2) is 18.2 Å². The molecule has 0 heterocycles. The van der Waals surface area contributed by atoms with Gasteiger partial charge in [-0.05, 0) is 31.0 Å². The maximum atomic E-state index is 11.0. The summed E-state index contributed by atoms with van der Waals surface area (Å²) in [5.74, 6) is 0.0661. The Hall–Kier alpha value is -1.71. The number of aryl methyl sites for hydroxylation is 1. The second-order valence-electron chi connectivity index (χ2n) is 3.63. The third kappa shape index (κ3) is 3.50. The average molecular weight is 207 g/mol. The molecule has 0 amide bonds. The Morgan fingerprint density at radius 1 is 1.47 bits per heavy atom. The number of nitro groups is 1.